The van der Waals surface area contributed by atoms with Crippen LogP contribution in [-0.2, 0) is 0 Å². The van der Waals surface area contributed by atoms with Crippen LogP contribution < -0.4 is 10.5 Å². The van der Waals surface area contributed by atoms with E-state index < -0.39 is 0 Å². The van der Waals surface area contributed by atoms with Crippen molar-refractivity contribution < 1.29 is 9.53 Å². The highest BCUT2D eigenvalue weighted by Gasteiger charge is 2.18. The zero-order valence-electron chi connectivity index (χ0n) is 10.7. The molecule has 0 bridgehead atoms. The predicted molar refractivity (Wildman–Crippen MR) is 81.3 cm³/mol. The molecule has 1 amide bonds. The zero-order valence-corrected chi connectivity index (χ0v) is 11.5. The highest BCUT2D eigenvalue weighted by Crippen LogP contribution is 2.10. The van der Waals surface area contributed by atoms with E-state index in [0.717, 1.165) is 0 Å². The van der Waals surface area contributed by atoms with Gasteiger partial charge in [0.05, 0.1) is 0 Å². The SMILES string of the molecule is NC(=S)N(COc1ccccc1)C(=O)c1ccccc1. The topological polar surface area (TPSA) is 55.6 Å². The van der Waals surface area contributed by atoms with E-state index >= 15 is 0 Å². The minimum absolute atomic E-state index is 0.0187. The molecule has 0 fully saturated rings. The highest BCUT2D eigenvalue weighted by atomic mass is 32.1. The fourth-order valence-corrected chi connectivity index (χ4v) is 1.75. The molecule has 0 unspecified atom stereocenters. The lowest BCUT2D eigenvalue weighted by Crippen LogP contribution is -2.42. The Balaban J connectivity index is 2.08. The van der Waals surface area contributed by atoms with Gasteiger partial charge < -0.3 is 10.5 Å². The first-order chi connectivity index (χ1) is 9.68. The van der Waals surface area contributed by atoms with E-state index in [0.29, 0.717) is 11.3 Å². The summed E-state index contributed by atoms with van der Waals surface area (Å²) in [5, 5.41) is -0.0187. The summed E-state index contributed by atoms with van der Waals surface area (Å²) in [7, 11) is 0. The van der Waals surface area contributed by atoms with Crippen molar-refractivity contribution >= 4 is 23.2 Å². The second kappa shape index (κ2) is 6.68. The van der Waals surface area contributed by atoms with Crippen LogP contribution in [0.2, 0.25) is 0 Å². The molecule has 0 radical (unpaired) electrons. The number of carbonyl (C=O) groups excluding carboxylic acids is 1. The molecule has 0 heterocycles. The molecule has 0 saturated heterocycles. The highest BCUT2D eigenvalue weighted by molar-refractivity contribution is 7.80. The Morgan fingerprint density at radius 2 is 1.60 bits per heavy atom. The van der Waals surface area contributed by atoms with Gasteiger partial charge in [0.25, 0.3) is 5.91 Å². The molecule has 0 saturated carbocycles. The molecule has 0 aromatic heterocycles. The standard InChI is InChI=1S/C15H14N2O2S/c16-15(20)17(11-19-13-9-5-2-6-10-13)14(18)12-7-3-1-4-8-12/h1-10H,11H2,(H2,16,20). The number of para-hydroxylation sites is 1. The van der Waals surface area contributed by atoms with Crippen LogP contribution in [0.1, 0.15) is 10.4 Å². The Labute approximate surface area is 122 Å². The maximum Gasteiger partial charge on any atom is 0.262 e. The van der Waals surface area contributed by atoms with Crippen LogP contribution in [0.4, 0.5) is 0 Å². The third-order valence-corrected chi connectivity index (χ3v) is 2.86. The van der Waals surface area contributed by atoms with E-state index in [2.05, 4.69) is 0 Å². The number of carbonyl (C=O) groups is 1. The van der Waals surface area contributed by atoms with E-state index in [4.69, 9.17) is 22.7 Å². The van der Waals surface area contributed by atoms with Gasteiger partial charge in [-0.25, -0.2) is 0 Å². The van der Waals surface area contributed by atoms with Gasteiger partial charge in [0.15, 0.2) is 11.8 Å². The van der Waals surface area contributed by atoms with E-state index in [9.17, 15) is 4.79 Å². The number of nitrogens with two attached hydrogens (primary N) is 1. The van der Waals surface area contributed by atoms with Crippen molar-refractivity contribution in [3.05, 3.63) is 66.2 Å². The number of ether oxygens (including phenoxy) is 1. The quantitative estimate of drug-likeness (QED) is 0.692. The van der Waals surface area contributed by atoms with Gasteiger partial charge in [-0.15, -0.1) is 0 Å². The second-order valence-electron chi connectivity index (χ2n) is 4.02. The average Bonchev–Trinajstić information content (AvgIpc) is 2.49. The van der Waals surface area contributed by atoms with Gasteiger partial charge in [-0.3, -0.25) is 9.69 Å². The van der Waals surface area contributed by atoms with Crippen LogP contribution >= 0.6 is 12.2 Å². The van der Waals surface area contributed by atoms with Crippen molar-refractivity contribution in [2.75, 3.05) is 6.73 Å². The average molecular weight is 286 g/mol. The Morgan fingerprint density at radius 1 is 1.05 bits per heavy atom. The first-order valence-corrected chi connectivity index (χ1v) is 6.43. The van der Waals surface area contributed by atoms with Crippen molar-refractivity contribution in [3.63, 3.8) is 0 Å². The molecular weight excluding hydrogens is 272 g/mol. The zero-order chi connectivity index (χ0) is 14.4. The summed E-state index contributed by atoms with van der Waals surface area (Å²) in [6.45, 7) is -0.0208. The van der Waals surface area contributed by atoms with E-state index in [-0.39, 0.29) is 17.8 Å². The van der Waals surface area contributed by atoms with Crippen molar-refractivity contribution in [1.82, 2.24) is 4.90 Å². The number of nitrogens with zero attached hydrogens (tertiary/aromatic N) is 1. The molecule has 102 valence electrons. The van der Waals surface area contributed by atoms with Gasteiger partial charge in [0.1, 0.15) is 5.75 Å². The van der Waals surface area contributed by atoms with Gasteiger partial charge in [-0.1, -0.05) is 36.4 Å². The lowest BCUT2D eigenvalue weighted by atomic mass is 10.2. The van der Waals surface area contributed by atoms with Crippen LogP contribution in [0.5, 0.6) is 5.75 Å². The maximum atomic E-state index is 12.3. The molecule has 2 rings (SSSR count). The van der Waals surface area contributed by atoms with Gasteiger partial charge >= 0.3 is 0 Å². The molecular formula is C15H14N2O2S. The van der Waals surface area contributed by atoms with Crippen LogP contribution in [-0.4, -0.2) is 22.7 Å². The fraction of sp³-hybridized carbons (Fsp3) is 0.0667. The van der Waals surface area contributed by atoms with Crippen molar-refractivity contribution in [2.24, 2.45) is 5.73 Å². The van der Waals surface area contributed by atoms with E-state index in [1.807, 2.05) is 24.3 Å². The monoisotopic (exact) mass is 286 g/mol. The fourth-order valence-electron chi connectivity index (χ4n) is 1.61. The summed E-state index contributed by atoms with van der Waals surface area (Å²) >= 11 is 4.91. The number of amides is 1. The summed E-state index contributed by atoms with van der Waals surface area (Å²) in [5.74, 6) is 0.364. The molecule has 4 nitrogen and oxygen atoms in total. The largest absolute Gasteiger partial charge is 0.473 e. The normalized spacial score (nSPS) is 9.80. The molecule has 0 spiro atoms. The van der Waals surface area contributed by atoms with E-state index in [1.165, 1.54) is 4.90 Å². The first kappa shape index (κ1) is 14.0. The van der Waals surface area contributed by atoms with Gasteiger partial charge in [0.2, 0.25) is 0 Å². The van der Waals surface area contributed by atoms with Crippen LogP contribution in [0.15, 0.2) is 60.7 Å². The summed E-state index contributed by atoms with van der Waals surface area (Å²) < 4.78 is 5.51. The Hall–Kier alpha value is -2.40. The minimum Gasteiger partial charge on any atom is -0.473 e. The van der Waals surface area contributed by atoms with E-state index in [1.54, 1.807) is 36.4 Å². The lowest BCUT2D eigenvalue weighted by molar-refractivity contribution is 0.0755. The second-order valence-corrected chi connectivity index (χ2v) is 4.44. The molecule has 2 aromatic rings. The smallest absolute Gasteiger partial charge is 0.262 e. The number of hydrogen-bond acceptors (Lipinski definition) is 3. The Kier molecular flexibility index (Phi) is 4.68. The molecule has 2 aromatic carbocycles. The van der Waals surface area contributed by atoms with Crippen molar-refractivity contribution in [3.8, 4) is 5.75 Å². The number of hydrogen-bond donors (Lipinski definition) is 1. The molecule has 2 N–H and O–H groups in total. The predicted octanol–water partition coefficient (Wildman–Crippen LogP) is 2.41. The molecule has 0 aliphatic carbocycles. The third kappa shape index (κ3) is 3.55. The van der Waals surface area contributed by atoms with Gasteiger partial charge in [-0.05, 0) is 36.5 Å². The number of thiocarbonyl (C=S) groups is 1. The Bertz CT molecular complexity index is 587. The Morgan fingerprint density at radius 3 is 2.15 bits per heavy atom. The van der Waals surface area contributed by atoms with Gasteiger partial charge in [0, 0.05) is 5.56 Å². The molecule has 20 heavy (non-hydrogen) atoms. The number of rotatable bonds is 4. The molecule has 0 aliphatic rings. The summed E-state index contributed by atoms with van der Waals surface area (Å²) in [5.41, 5.74) is 6.11. The van der Waals surface area contributed by atoms with Crippen LogP contribution in [0.25, 0.3) is 0 Å². The summed E-state index contributed by atoms with van der Waals surface area (Å²) in [6.07, 6.45) is 0. The summed E-state index contributed by atoms with van der Waals surface area (Å²) in [6, 6.07) is 18.0. The van der Waals surface area contributed by atoms with Crippen molar-refractivity contribution in [2.45, 2.75) is 0 Å². The summed E-state index contributed by atoms with van der Waals surface area (Å²) in [4.78, 5) is 13.5. The van der Waals surface area contributed by atoms with Crippen molar-refractivity contribution in [1.29, 1.82) is 0 Å². The van der Waals surface area contributed by atoms with Crippen LogP contribution in [0, 0.1) is 0 Å². The number of benzene rings is 2. The molecule has 0 atom stereocenters. The molecule has 5 heteroatoms. The van der Waals surface area contributed by atoms with Crippen LogP contribution in [0.3, 0.4) is 0 Å². The first-order valence-electron chi connectivity index (χ1n) is 6.02. The third-order valence-electron chi connectivity index (χ3n) is 2.64. The lowest BCUT2D eigenvalue weighted by Gasteiger charge is -2.21. The van der Waals surface area contributed by atoms with Gasteiger partial charge in [-0.2, -0.15) is 0 Å². The minimum atomic E-state index is -0.283. The maximum absolute atomic E-state index is 12.3. The molecule has 0 aliphatic heterocycles.